The highest BCUT2D eigenvalue weighted by Crippen LogP contribution is 2.35. The first-order valence-electron chi connectivity index (χ1n) is 14.7. The van der Waals surface area contributed by atoms with E-state index in [1.165, 1.54) is 13.3 Å². The highest BCUT2D eigenvalue weighted by molar-refractivity contribution is 6.32. The van der Waals surface area contributed by atoms with E-state index in [0.717, 1.165) is 33.4 Å². The Labute approximate surface area is 262 Å². The second-order valence-electron chi connectivity index (χ2n) is 10.7. The quantitative estimate of drug-likeness (QED) is 0.251. The van der Waals surface area contributed by atoms with Crippen LogP contribution in [-0.4, -0.2) is 36.6 Å². The van der Waals surface area contributed by atoms with Crippen molar-refractivity contribution in [2.45, 2.75) is 52.0 Å². The number of halogens is 1. The van der Waals surface area contributed by atoms with Gasteiger partial charge in [0.1, 0.15) is 30.8 Å². The average Bonchev–Trinajstić information content (AvgIpc) is 3.05. The number of fused-ring (bicyclic) bond motifs is 3. The molecule has 0 saturated carbocycles. The lowest BCUT2D eigenvalue weighted by Gasteiger charge is -2.20. The van der Waals surface area contributed by atoms with Crippen molar-refractivity contribution < 1.29 is 23.8 Å². The van der Waals surface area contributed by atoms with Crippen LogP contribution in [0.15, 0.2) is 79.1 Å². The molecule has 0 unspecified atom stereocenters. The van der Waals surface area contributed by atoms with Gasteiger partial charge in [-0.2, -0.15) is 0 Å². The van der Waals surface area contributed by atoms with Gasteiger partial charge in [0.25, 0.3) is 5.91 Å². The minimum atomic E-state index is -0.525. The monoisotopic (exact) mass is 613 g/mol. The van der Waals surface area contributed by atoms with Crippen molar-refractivity contribution in [3.63, 3.8) is 0 Å². The summed E-state index contributed by atoms with van der Waals surface area (Å²) in [6.45, 7) is 3.38. The molecule has 5 rings (SSSR count). The Morgan fingerprint density at radius 1 is 1.05 bits per heavy atom. The Hall–Kier alpha value is -4.40. The smallest absolute Gasteiger partial charge is 0.322 e. The molecule has 0 aliphatic carbocycles. The molecule has 1 atom stereocenters. The summed E-state index contributed by atoms with van der Waals surface area (Å²) in [7, 11) is 1.37. The number of carbonyl (C=O) groups excluding carboxylic acids is 2. The summed E-state index contributed by atoms with van der Waals surface area (Å²) in [6, 6.07) is 21.2. The third-order valence-corrected chi connectivity index (χ3v) is 8.01. The van der Waals surface area contributed by atoms with Crippen LogP contribution in [0.25, 0.3) is 11.1 Å². The van der Waals surface area contributed by atoms with Gasteiger partial charge in [-0.25, -0.2) is 0 Å². The first-order valence-corrected chi connectivity index (χ1v) is 15.1. The van der Waals surface area contributed by atoms with Crippen molar-refractivity contribution >= 4 is 23.5 Å². The fourth-order valence-electron chi connectivity index (χ4n) is 5.19. The van der Waals surface area contributed by atoms with Crippen LogP contribution in [0.5, 0.6) is 11.5 Å². The van der Waals surface area contributed by atoms with Gasteiger partial charge in [-0.15, -0.1) is 0 Å². The largest absolute Gasteiger partial charge is 0.488 e. The average molecular weight is 614 g/mol. The topological polar surface area (TPSA) is 98.8 Å². The van der Waals surface area contributed by atoms with Gasteiger partial charge in [-0.05, 0) is 60.6 Å². The molecule has 2 N–H and O–H groups in total. The van der Waals surface area contributed by atoms with Crippen LogP contribution in [0, 0.1) is 6.92 Å². The van der Waals surface area contributed by atoms with Gasteiger partial charge in [0.2, 0.25) is 0 Å². The van der Waals surface area contributed by atoms with E-state index in [0.29, 0.717) is 61.0 Å². The summed E-state index contributed by atoms with van der Waals surface area (Å²) < 4.78 is 17.6. The zero-order valence-electron chi connectivity index (χ0n) is 24.9. The minimum absolute atomic E-state index is 0.168. The number of esters is 1. The van der Waals surface area contributed by atoms with Gasteiger partial charge >= 0.3 is 5.97 Å². The number of aromatic nitrogens is 1. The molecule has 9 heteroatoms. The maximum atomic E-state index is 12.7. The molecule has 1 aliphatic heterocycles. The van der Waals surface area contributed by atoms with Gasteiger partial charge in [0.05, 0.1) is 17.7 Å². The summed E-state index contributed by atoms with van der Waals surface area (Å²) in [5.74, 6) is 0.457. The molecule has 1 amide bonds. The van der Waals surface area contributed by atoms with Crippen LogP contribution in [0.1, 0.15) is 51.9 Å². The number of nitrogens with zero attached hydrogens (tertiary/aromatic N) is 1. The highest BCUT2D eigenvalue weighted by Gasteiger charge is 2.21. The first kappa shape index (κ1) is 31.0. The predicted octanol–water partition coefficient (Wildman–Crippen LogP) is 6.41. The second-order valence-corrected chi connectivity index (χ2v) is 11.1. The van der Waals surface area contributed by atoms with Crippen molar-refractivity contribution in [3.8, 4) is 22.6 Å². The van der Waals surface area contributed by atoms with Gasteiger partial charge in [0.15, 0.2) is 0 Å². The summed E-state index contributed by atoms with van der Waals surface area (Å²) in [4.78, 5) is 29.4. The second kappa shape index (κ2) is 14.9. The molecule has 0 radical (unpaired) electrons. The van der Waals surface area contributed by atoms with Crippen LogP contribution in [0.3, 0.4) is 0 Å². The number of amides is 1. The van der Waals surface area contributed by atoms with Crippen molar-refractivity contribution in [2.75, 3.05) is 13.7 Å². The van der Waals surface area contributed by atoms with Crippen molar-refractivity contribution in [3.05, 3.63) is 112 Å². The van der Waals surface area contributed by atoms with E-state index in [4.69, 9.17) is 25.8 Å². The molecular formula is C35H36ClN3O5. The van der Waals surface area contributed by atoms with Crippen molar-refractivity contribution in [2.24, 2.45) is 0 Å². The summed E-state index contributed by atoms with van der Waals surface area (Å²) >= 11 is 6.75. The van der Waals surface area contributed by atoms with E-state index in [1.807, 2.05) is 30.3 Å². The molecule has 0 fully saturated rings. The lowest BCUT2D eigenvalue weighted by molar-refractivity contribution is -0.143. The predicted molar refractivity (Wildman–Crippen MR) is 170 cm³/mol. The van der Waals surface area contributed by atoms with Gasteiger partial charge in [-0.1, -0.05) is 60.1 Å². The zero-order valence-corrected chi connectivity index (χ0v) is 25.7. The highest BCUT2D eigenvalue weighted by atomic mass is 35.5. The third kappa shape index (κ3) is 7.75. The maximum Gasteiger partial charge on any atom is 0.322 e. The van der Waals surface area contributed by atoms with Crippen LogP contribution in [0.2, 0.25) is 5.02 Å². The van der Waals surface area contributed by atoms with E-state index < -0.39 is 6.04 Å². The van der Waals surface area contributed by atoms with Crippen molar-refractivity contribution in [1.29, 1.82) is 0 Å². The van der Waals surface area contributed by atoms with E-state index in [2.05, 4.69) is 40.7 Å². The van der Waals surface area contributed by atoms with Crippen LogP contribution in [0.4, 0.5) is 0 Å². The minimum Gasteiger partial charge on any atom is -0.488 e. The lowest BCUT2D eigenvalue weighted by Crippen LogP contribution is -2.37. The Balaban J connectivity index is 1.42. The number of carbonyl (C=O) groups is 2. The van der Waals surface area contributed by atoms with Crippen molar-refractivity contribution in [1.82, 2.24) is 15.6 Å². The number of methoxy groups -OCH3 is 1. The molecule has 0 saturated heterocycles. The molecule has 2 heterocycles. The van der Waals surface area contributed by atoms with Crippen LogP contribution < -0.4 is 20.1 Å². The van der Waals surface area contributed by atoms with Crippen LogP contribution in [-0.2, 0) is 29.3 Å². The summed E-state index contributed by atoms with van der Waals surface area (Å²) in [6.07, 6.45) is 5.18. The number of ether oxygens (including phenoxy) is 3. The third-order valence-electron chi connectivity index (χ3n) is 7.71. The lowest BCUT2D eigenvalue weighted by atomic mass is 9.97. The number of pyridine rings is 1. The van der Waals surface area contributed by atoms with Crippen LogP contribution >= 0.6 is 11.6 Å². The molecule has 228 valence electrons. The fraction of sp³-hybridized carbons (Fsp3) is 0.286. The van der Waals surface area contributed by atoms with Gasteiger partial charge in [0, 0.05) is 42.7 Å². The van der Waals surface area contributed by atoms with E-state index in [-0.39, 0.29) is 18.5 Å². The molecule has 1 aliphatic rings. The molecule has 0 spiro atoms. The first-order chi connectivity index (χ1) is 21.4. The maximum absolute atomic E-state index is 12.7. The summed E-state index contributed by atoms with van der Waals surface area (Å²) in [5, 5.41) is 6.65. The molecule has 44 heavy (non-hydrogen) atoms. The summed E-state index contributed by atoms with van der Waals surface area (Å²) in [5.41, 5.74) is 6.41. The Morgan fingerprint density at radius 3 is 2.70 bits per heavy atom. The molecule has 2 bridgehead atoms. The number of rotatable bonds is 5. The number of nitrogens with one attached hydrogen (secondary N) is 2. The molecule has 4 aromatic rings. The Kier molecular flexibility index (Phi) is 10.5. The normalized spacial score (nSPS) is 15.8. The molecular weight excluding hydrogens is 578 g/mol. The van der Waals surface area contributed by atoms with Gasteiger partial charge in [-0.3, -0.25) is 14.6 Å². The van der Waals surface area contributed by atoms with Gasteiger partial charge < -0.3 is 24.8 Å². The fourth-order valence-corrected chi connectivity index (χ4v) is 5.43. The number of hydrogen-bond donors (Lipinski definition) is 2. The molecule has 3 aromatic carbocycles. The van der Waals surface area contributed by atoms with E-state index in [1.54, 1.807) is 24.4 Å². The number of benzene rings is 3. The SMILES string of the molecule is COC(=O)[C@@H]1CCCCNC(=O)c2cncc(c2)COc2cc(OCc3cccc(-c4ccccc4)c3C)c(Cl)cc2CN1. The van der Waals surface area contributed by atoms with E-state index in [9.17, 15) is 9.59 Å². The molecule has 1 aromatic heterocycles. The standard InChI is InChI=1S/C35H36ClN3O5/c1-23-26(11-8-12-29(23)25-9-4-3-5-10-25)22-44-33-17-32-27(16-30(33)36)20-39-31(35(41)42-2)13-6-7-14-38-34(40)28-15-24(21-43-32)18-37-19-28/h3-5,8-12,15-19,31,39H,6-7,13-14,20-22H2,1-2H3,(H,38,40)/t31-/m0/s1. The van der Waals surface area contributed by atoms with E-state index >= 15 is 0 Å². The number of hydrogen-bond acceptors (Lipinski definition) is 7. The zero-order chi connectivity index (χ0) is 30.9. The Morgan fingerprint density at radius 2 is 1.89 bits per heavy atom. The Bertz CT molecular complexity index is 1610. The molecule has 8 nitrogen and oxygen atoms in total.